The van der Waals surface area contributed by atoms with Crippen molar-refractivity contribution in [2.75, 3.05) is 33.4 Å². The van der Waals surface area contributed by atoms with Gasteiger partial charge in [-0.25, -0.2) is 0 Å². The van der Waals surface area contributed by atoms with Gasteiger partial charge in [0.25, 0.3) is 0 Å². The predicted molar refractivity (Wildman–Crippen MR) is 119 cm³/mol. The summed E-state index contributed by atoms with van der Waals surface area (Å²) in [6, 6.07) is 11.9. The number of methoxy groups -OCH3 is 1. The second-order valence-electron chi connectivity index (χ2n) is 5.77. The molecule has 7 heteroatoms. The normalized spacial score (nSPS) is 11.0. The van der Waals surface area contributed by atoms with Gasteiger partial charge >= 0.3 is 0 Å². The molecule has 2 rings (SSSR count). The van der Waals surface area contributed by atoms with Crippen LogP contribution in [0.25, 0.3) is 0 Å². The quantitative estimate of drug-likeness (QED) is 0.220. The first-order valence-corrected chi connectivity index (χ1v) is 9.07. The minimum atomic E-state index is 0. The van der Waals surface area contributed by atoms with Crippen molar-refractivity contribution in [3.8, 4) is 5.75 Å². The molecule has 0 fully saturated rings. The highest BCUT2D eigenvalue weighted by molar-refractivity contribution is 14.0. The number of guanidine groups is 1. The van der Waals surface area contributed by atoms with Gasteiger partial charge in [0, 0.05) is 26.2 Å². The summed E-state index contributed by atoms with van der Waals surface area (Å²) in [5.41, 5.74) is 1.24. The van der Waals surface area contributed by atoms with E-state index in [0.29, 0.717) is 19.8 Å². The number of ether oxygens (including phenoxy) is 2. The summed E-state index contributed by atoms with van der Waals surface area (Å²) in [5, 5.41) is 6.63. The van der Waals surface area contributed by atoms with Crippen LogP contribution < -0.4 is 15.4 Å². The zero-order chi connectivity index (χ0) is 18.5. The van der Waals surface area contributed by atoms with E-state index in [4.69, 9.17) is 13.9 Å². The van der Waals surface area contributed by atoms with Crippen molar-refractivity contribution in [2.24, 2.45) is 4.99 Å². The van der Waals surface area contributed by atoms with Crippen molar-refractivity contribution >= 4 is 29.9 Å². The predicted octanol–water partition coefficient (Wildman–Crippen LogP) is 3.61. The molecule has 1 aromatic carbocycles. The highest BCUT2D eigenvalue weighted by Crippen LogP contribution is 2.12. The number of halogens is 1. The van der Waals surface area contributed by atoms with Crippen LogP contribution in [-0.2, 0) is 17.8 Å². The molecule has 0 amide bonds. The van der Waals surface area contributed by atoms with Crippen LogP contribution in [0.2, 0.25) is 0 Å². The zero-order valence-corrected chi connectivity index (χ0v) is 18.4. The lowest BCUT2D eigenvalue weighted by atomic mass is 10.1. The third-order valence-corrected chi connectivity index (χ3v) is 3.73. The van der Waals surface area contributed by atoms with E-state index in [1.807, 2.05) is 24.3 Å². The molecule has 2 aromatic rings. The van der Waals surface area contributed by atoms with Crippen molar-refractivity contribution in [3.05, 3.63) is 54.0 Å². The first-order chi connectivity index (χ1) is 12.8. The molecule has 0 aliphatic rings. The number of hydrogen-bond donors (Lipinski definition) is 2. The number of furan rings is 1. The lowest BCUT2D eigenvalue weighted by Gasteiger charge is -2.11. The molecule has 0 aliphatic heterocycles. The zero-order valence-electron chi connectivity index (χ0n) is 16.1. The minimum Gasteiger partial charge on any atom is -0.497 e. The van der Waals surface area contributed by atoms with Crippen LogP contribution in [0.15, 0.2) is 52.1 Å². The van der Waals surface area contributed by atoms with Gasteiger partial charge in [-0.2, -0.15) is 0 Å². The summed E-state index contributed by atoms with van der Waals surface area (Å²) >= 11 is 0. The maximum absolute atomic E-state index is 5.56. The molecule has 0 saturated heterocycles. The van der Waals surface area contributed by atoms with E-state index in [9.17, 15) is 0 Å². The summed E-state index contributed by atoms with van der Waals surface area (Å²) in [6.07, 6.45) is 3.43. The van der Waals surface area contributed by atoms with E-state index >= 15 is 0 Å². The number of rotatable bonds is 11. The van der Waals surface area contributed by atoms with Crippen LogP contribution in [-0.4, -0.2) is 39.3 Å². The van der Waals surface area contributed by atoms with Gasteiger partial charge in [0.15, 0.2) is 5.96 Å². The first kappa shape index (κ1) is 23.3. The first-order valence-electron chi connectivity index (χ1n) is 9.07. The summed E-state index contributed by atoms with van der Waals surface area (Å²) in [5.74, 6) is 2.57. The summed E-state index contributed by atoms with van der Waals surface area (Å²) in [4.78, 5) is 4.58. The lowest BCUT2D eigenvalue weighted by molar-refractivity contribution is 0.105. The second-order valence-corrected chi connectivity index (χ2v) is 5.77. The van der Waals surface area contributed by atoms with Crippen molar-refractivity contribution in [1.82, 2.24) is 10.6 Å². The fraction of sp³-hybridized carbons (Fsp3) is 0.450. The Bertz CT molecular complexity index is 648. The van der Waals surface area contributed by atoms with E-state index < -0.39 is 0 Å². The highest BCUT2D eigenvalue weighted by atomic mass is 127. The van der Waals surface area contributed by atoms with Crippen LogP contribution >= 0.6 is 24.0 Å². The highest BCUT2D eigenvalue weighted by Gasteiger charge is 2.00. The third kappa shape index (κ3) is 9.67. The van der Waals surface area contributed by atoms with E-state index in [1.54, 1.807) is 13.4 Å². The van der Waals surface area contributed by atoms with Gasteiger partial charge in [-0.15, -0.1) is 24.0 Å². The smallest absolute Gasteiger partial charge is 0.191 e. The molecule has 1 heterocycles. The van der Waals surface area contributed by atoms with Crippen molar-refractivity contribution in [3.63, 3.8) is 0 Å². The Morgan fingerprint density at radius 3 is 2.81 bits per heavy atom. The van der Waals surface area contributed by atoms with Gasteiger partial charge in [-0.1, -0.05) is 12.1 Å². The Labute approximate surface area is 178 Å². The molecule has 150 valence electrons. The van der Waals surface area contributed by atoms with Crippen molar-refractivity contribution in [1.29, 1.82) is 0 Å². The number of hydrogen-bond acceptors (Lipinski definition) is 4. The number of aliphatic imine (C=N–C) groups is 1. The third-order valence-electron chi connectivity index (χ3n) is 3.73. The van der Waals surface area contributed by atoms with Crippen LogP contribution in [0.3, 0.4) is 0 Å². The molecular formula is C20H30IN3O3. The Hall–Kier alpha value is -1.74. The number of benzene rings is 1. The van der Waals surface area contributed by atoms with Crippen LogP contribution in [0, 0.1) is 0 Å². The van der Waals surface area contributed by atoms with Crippen LogP contribution in [0.1, 0.15) is 24.7 Å². The lowest BCUT2D eigenvalue weighted by Crippen LogP contribution is -2.38. The molecule has 2 N–H and O–H groups in total. The standard InChI is InChI=1S/C20H29N3O3.HI/c1-3-21-20(22-11-6-13-25-16-19-9-5-14-26-19)23-12-10-17-7-4-8-18(15-17)24-2;/h4-5,7-9,14-15H,3,6,10-13,16H2,1-2H3,(H2,21,22,23);1H. The Morgan fingerprint density at radius 1 is 1.19 bits per heavy atom. The van der Waals surface area contributed by atoms with Crippen LogP contribution in [0.4, 0.5) is 0 Å². The van der Waals surface area contributed by atoms with E-state index in [1.165, 1.54) is 5.56 Å². The van der Waals surface area contributed by atoms with Crippen molar-refractivity contribution < 1.29 is 13.9 Å². The SMILES string of the molecule is CCNC(=NCCCOCc1ccco1)NCCc1cccc(OC)c1.I. The molecule has 27 heavy (non-hydrogen) atoms. The minimum absolute atomic E-state index is 0. The molecule has 0 bridgehead atoms. The molecule has 0 saturated carbocycles. The topological polar surface area (TPSA) is 68.0 Å². The largest absolute Gasteiger partial charge is 0.497 e. The summed E-state index contributed by atoms with van der Waals surface area (Å²) in [7, 11) is 1.69. The van der Waals surface area contributed by atoms with Gasteiger partial charge in [0.05, 0.1) is 13.4 Å². The number of nitrogens with one attached hydrogen (secondary N) is 2. The molecule has 0 radical (unpaired) electrons. The summed E-state index contributed by atoms with van der Waals surface area (Å²) in [6.45, 7) is 5.59. The van der Waals surface area contributed by atoms with Gasteiger partial charge in [0.2, 0.25) is 0 Å². The van der Waals surface area contributed by atoms with Gasteiger partial charge in [-0.05, 0) is 49.6 Å². The van der Waals surface area contributed by atoms with Gasteiger partial charge in [0.1, 0.15) is 18.1 Å². The molecule has 0 unspecified atom stereocenters. The Balaban J connectivity index is 0.00000364. The fourth-order valence-electron chi connectivity index (χ4n) is 2.42. The Kier molecular flexibility index (Phi) is 12.4. The van der Waals surface area contributed by atoms with Gasteiger partial charge < -0.3 is 24.5 Å². The van der Waals surface area contributed by atoms with Crippen molar-refractivity contribution in [2.45, 2.75) is 26.4 Å². The molecule has 0 aliphatic carbocycles. The maximum atomic E-state index is 5.56. The van der Waals surface area contributed by atoms with E-state index in [0.717, 1.165) is 43.4 Å². The molecule has 6 nitrogen and oxygen atoms in total. The monoisotopic (exact) mass is 487 g/mol. The average molecular weight is 487 g/mol. The number of nitrogens with zero attached hydrogens (tertiary/aromatic N) is 1. The molecule has 0 atom stereocenters. The average Bonchev–Trinajstić information content (AvgIpc) is 3.18. The molecule has 0 spiro atoms. The molecular weight excluding hydrogens is 457 g/mol. The Morgan fingerprint density at radius 2 is 2.07 bits per heavy atom. The second kappa shape index (κ2) is 14.3. The summed E-state index contributed by atoms with van der Waals surface area (Å²) < 4.78 is 16.0. The van der Waals surface area contributed by atoms with Gasteiger partial charge in [-0.3, -0.25) is 4.99 Å². The fourth-order valence-corrected chi connectivity index (χ4v) is 2.42. The van der Waals surface area contributed by atoms with Crippen LogP contribution in [0.5, 0.6) is 5.75 Å². The molecule has 1 aromatic heterocycles. The van der Waals surface area contributed by atoms with E-state index in [-0.39, 0.29) is 24.0 Å². The van der Waals surface area contributed by atoms with E-state index in [2.05, 4.69) is 34.7 Å². The maximum Gasteiger partial charge on any atom is 0.191 e.